The Morgan fingerprint density at radius 1 is 1.16 bits per heavy atom. The van der Waals surface area contributed by atoms with Gasteiger partial charge in [-0.2, -0.15) is 0 Å². The van der Waals surface area contributed by atoms with Gasteiger partial charge in [-0.25, -0.2) is 13.8 Å². The molecule has 2 aromatic rings. The lowest BCUT2D eigenvalue weighted by Crippen LogP contribution is -2.23. The van der Waals surface area contributed by atoms with Crippen molar-refractivity contribution >= 4 is 5.82 Å². The van der Waals surface area contributed by atoms with E-state index < -0.39 is 17.7 Å². The highest BCUT2D eigenvalue weighted by Crippen LogP contribution is 2.31. The Labute approximate surface area is 110 Å². The molecule has 1 aromatic heterocycles. The molecule has 0 aliphatic heterocycles. The molecule has 0 radical (unpaired) electrons. The van der Waals surface area contributed by atoms with E-state index in [1.54, 1.807) is 19.3 Å². The van der Waals surface area contributed by atoms with E-state index >= 15 is 0 Å². The van der Waals surface area contributed by atoms with E-state index in [1.165, 1.54) is 18.2 Å². The summed E-state index contributed by atoms with van der Waals surface area (Å²) < 4.78 is 27.8. The van der Waals surface area contributed by atoms with Gasteiger partial charge in [0.15, 0.2) is 0 Å². The van der Waals surface area contributed by atoms with Gasteiger partial charge in [0, 0.05) is 17.3 Å². The summed E-state index contributed by atoms with van der Waals surface area (Å²) in [5.41, 5.74) is 7.21. The zero-order chi connectivity index (χ0) is 14.0. The molecule has 3 N–H and O–H groups in total. The Morgan fingerprint density at radius 2 is 1.79 bits per heavy atom. The summed E-state index contributed by atoms with van der Waals surface area (Å²) in [4.78, 5) is 3.99. The van der Waals surface area contributed by atoms with Gasteiger partial charge in [-0.05, 0) is 37.7 Å². The normalized spacial score (nSPS) is 12.4. The van der Waals surface area contributed by atoms with Crippen LogP contribution in [0.15, 0.2) is 30.5 Å². The average Bonchev–Trinajstić information content (AvgIpc) is 2.36. The Hall–Kier alpha value is -2.01. The minimum Gasteiger partial charge on any atom is -0.383 e. The van der Waals surface area contributed by atoms with E-state index in [0.717, 1.165) is 5.56 Å². The largest absolute Gasteiger partial charge is 0.383 e. The van der Waals surface area contributed by atoms with Crippen LogP contribution in [-0.2, 0) is 0 Å². The lowest BCUT2D eigenvalue weighted by molar-refractivity contribution is 0.521. The summed E-state index contributed by atoms with van der Waals surface area (Å²) in [5, 5.41) is 2.90. The van der Waals surface area contributed by atoms with E-state index in [9.17, 15) is 8.78 Å². The number of nitrogens with zero attached hydrogens (tertiary/aromatic N) is 1. The molecule has 0 spiro atoms. The van der Waals surface area contributed by atoms with E-state index in [1.807, 2.05) is 6.92 Å². The van der Waals surface area contributed by atoms with Crippen LogP contribution >= 0.6 is 0 Å². The number of nitrogens with one attached hydrogen (secondary N) is 1. The standard InChI is InChI=1S/C14H15F2N3/c1-8-6-7-19-14(17)11(8)13(18-2)12-9(15)4-3-5-10(12)16/h3-7,13,18H,1-2H3,(H2,17,19). The number of rotatable bonds is 3. The third-order valence-electron chi connectivity index (χ3n) is 3.10. The topological polar surface area (TPSA) is 50.9 Å². The zero-order valence-electron chi connectivity index (χ0n) is 10.7. The molecule has 1 atom stereocenters. The van der Waals surface area contributed by atoms with Crippen LogP contribution in [0.5, 0.6) is 0 Å². The second kappa shape index (κ2) is 5.32. The van der Waals surface area contributed by atoms with Crippen molar-refractivity contribution in [2.75, 3.05) is 12.8 Å². The monoisotopic (exact) mass is 263 g/mol. The number of pyridine rings is 1. The Morgan fingerprint density at radius 3 is 2.32 bits per heavy atom. The highest BCUT2D eigenvalue weighted by molar-refractivity contribution is 5.50. The second-order valence-corrected chi connectivity index (χ2v) is 4.28. The van der Waals surface area contributed by atoms with Gasteiger partial charge in [-0.1, -0.05) is 6.07 Å². The second-order valence-electron chi connectivity index (χ2n) is 4.28. The highest BCUT2D eigenvalue weighted by Gasteiger charge is 2.24. The van der Waals surface area contributed by atoms with Crippen LogP contribution in [-0.4, -0.2) is 12.0 Å². The molecule has 1 aromatic carbocycles. The van der Waals surface area contributed by atoms with Gasteiger partial charge in [0.2, 0.25) is 0 Å². The molecule has 5 heteroatoms. The van der Waals surface area contributed by atoms with Crippen molar-refractivity contribution in [3.63, 3.8) is 0 Å². The predicted octanol–water partition coefficient (Wildman–Crippen LogP) is 2.56. The number of aryl methyl sites for hydroxylation is 1. The zero-order valence-corrected chi connectivity index (χ0v) is 10.7. The van der Waals surface area contributed by atoms with Crippen LogP contribution in [0.3, 0.4) is 0 Å². The molecule has 1 heterocycles. The minimum absolute atomic E-state index is 0.0483. The molecule has 100 valence electrons. The maximum atomic E-state index is 13.9. The first kappa shape index (κ1) is 13.4. The van der Waals surface area contributed by atoms with Gasteiger partial charge in [0.05, 0.1) is 6.04 Å². The third kappa shape index (κ3) is 2.42. The van der Waals surface area contributed by atoms with Gasteiger partial charge in [0.1, 0.15) is 17.5 Å². The van der Waals surface area contributed by atoms with Crippen molar-refractivity contribution in [3.05, 3.63) is 58.8 Å². The number of halogens is 2. The van der Waals surface area contributed by atoms with Crippen LogP contribution in [0.4, 0.5) is 14.6 Å². The maximum absolute atomic E-state index is 13.9. The first-order valence-electron chi connectivity index (χ1n) is 5.88. The Kier molecular flexibility index (Phi) is 3.76. The molecule has 0 amide bonds. The molecular weight excluding hydrogens is 248 g/mol. The molecule has 0 fully saturated rings. The maximum Gasteiger partial charge on any atom is 0.131 e. The van der Waals surface area contributed by atoms with Crippen molar-refractivity contribution in [3.8, 4) is 0 Å². The lowest BCUT2D eigenvalue weighted by atomic mass is 9.95. The molecule has 3 nitrogen and oxygen atoms in total. The van der Waals surface area contributed by atoms with Crippen LogP contribution in [0.2, 0.25) is 0 Å². The fourth-order valence-corrected chi connectivity index (χ4v) is 2.19. The first-order valence-corrected chi connectivity index (χ1v) is 5.88. The number of nitrogens with two attached hydrogens (primary N) is 1. The van der Waals surface area contributed by atoms with E-state index in [4.69, 9.17) is 5.73 Å². The molecule has 0 bridgehead atoms. The molecule has 19 heavy (non-hydrogen) atoms. The van der Waals surface area contributed by atoms with Crippen molar-refractivity contribution in [1.29, 1.82) is 0 Å². The molecule has 0 aliphatic carbocycles. The number of benzene rings is 1. The SMILES string of the molecule is CNC(c1c(F)cccc1F)c1c(C)ccnc1N. The number of nitrogen functional groups attached to an aromatic ring is 1. The summed E-state index contributed by atoms with van der Waals surface area (Å²) >= 11 is 0. The quantitative estimate of drug-likeness (QED) is 0.894. The highest BCUT2D eigenvalue weighted by atomic mass is 19.1. The first-order chi connectivity index (χ1) is 9.06. The smallest absolute Gasteiger partial charge is 0.131 e. The van der Waals surface area contributed by atoms with E-state index in [-0.39, 0.29) is 11.4 Å². The van der Waals surface area contributed by atoms with Gasteiger partial charge in [0.25, 0.3) is 0 Å². The number of hydrogen-bond acceptors (Lipinski definition) is 3. The molecule has 0 saturated carbocycles. The van der Waals surface area contributed by atoms with Crippen LogP contribution in [0.1, 0.15) is 22.7 Å². The van der Waals surface area contributed by atoms with Crippen molar-refractivity contribution in [2.45, 2.75) is 13.0 Å². The average molecular weight is 263 g/mol. The molecule has 1 unspecified atom stereocenters. The van der Waals surface area contributed by atoms with E-state index in [2.05, 4.69) is 10.3 Å². The lowest BCUT2D eigenvalue weighted by Gasteiger charge is -2.21. The molecular formula is C14H15F2N3. The summed E-state index contributed by atoms with van der Waals surface area (Å²) in [6.45, 7) is 1.83. The van der Waals surface area contributed by atoms with Gasteiger partial charge in [-0.3, -0.25) is 0 Å². The predicted molar refractivity (Wildman–Crippen MR) is 70.6 cm³/mol. The van der Waals surface area contributed by atoms with Crippen molar-refractivity contribution < 1.29 is 8.78 Å². The van der Waals surface area contributed by atoms with Crippen LogP contribution in [0.25, 0.3) is 0 Å². The molecule has 0 saturated heterocycles. The summed E-state index contributed by atoms with van der Waals surface area (Å²) in [7, 11) is 1.63. The Balaban J connectivity index is 2.64. The van der Waals surface area contributed by atoms with Crippen LogP contribution < -0.4 is 11.1 Å². The summed E-state index contributed by atoms with van der Waals surface area (Å²) in [6.07, 6.45) is 1.57. The van der Waals surface area contributed by atoms with Crippen LogP contribution in [0, 0.1) is 18.6 Å². The fourth-order valence-electron chi connectivity index (χ4n) is 2.19. The molecule has 0 aliphatic rings. The van der Waals surface area contributed by atoms with Gasteiger partial charge in [-0.15, -0.1) is 0 Å². The Bertz CT molecular complexity index is 507. The summed E-state index contributed by atoms with van der Waals surface area (Å²) in [5.74, 6) is -0.953. The fraction of sp³-hybridized carbons (Fsp3) is 0.214. The van der Waals surface area contributed by atoms with Gasteiger partial charge < -0.3 is 11.1 Å². The third-order valence-corrected chi connectivity index (χ3v) is 3.10. The van der Waals surface area contributed by atoms with Crippen molar-refractivity contribution in [1.82, 2.24) is 10.3 Å². The molecule has 2 rings (SSSR count). The number of anilines is 1. The number of aromatic nitrogens is 1. The van der Waals surface area contributed by atoms with E-state index in [0.29, 0.717) is 5.56 Å². The minimum atomic E-state index is -0.671. The van der Waals surface area contributed by atoms with Gasteiger partial charge >= 0.3 is 0 Å². The van der Waals surface area contributed by atoms with Crippen molar-refractivity contribution in [2.24, 2.45) is 0 Å². The summed E-state index contributed by atoms with van der Waals surface area (Å²) in [6, 6.07) is 4.87. The number of hydrogen-bond donors (Lipinski definition) is 2.